The summed E-state index contributed by atoms with van der Waals surface area (Å²) < 4.78 is 0. The monoisotopic (exact) mass is 202 g/mol. The second-order valence-electron chi connectivity index (χ2n) is 3.36. The highest BCUT2D eigenvalue weighted by atomic mass is 15.3. The second-order valence-corrected chi connectivity index (χ2v) is 3.36. The minimum Gasteiger partial charge on any atom is -0.279 e. The van der Waals surface area contributed by atoms with Crippen LogP contribution >= 0.6 is 0 Å². The Kier molecular flexibility index (Phi) is 5.23. The van der Waals surface area contributed by atoms with Gasteiger partial charge in [-0.1, -0.05) is 31.6 Å². The predicted octanol–water partition coefficient (Wildman–Crippen LogP) is 3.61. The number of rotatable bonds is 5. The first-order valence-electron chi connectivity index (χ1n) is 5.36. The Morgan fingerprint density at radius 3 is 2.60 bits per heavy atom. The third-order valence-electron chi connectivity index (χ3n) is 2.04. The fraction of sp³-hybridized carbons (Fsp3) is 0.308. The van der Waals surface area contributed by atoms with Crippen LogP contribution in [0.2, 0.25) is 0 Å². The van der Waals surface area contributed by atoms with Crippen LogP contribution in [0.1, 0.15) is 25.8 Å². The van der Waals surface area contributed by atoms with Crippen LogP contribution < -0.4 is 5.43 Å². The highest BCUT2D eigenvalue weighted by molar-refractivity contribution is 5.71. The molecule has 0 aliphatic rings. The third kappa shape index (κ3) is 4.45. The molecule has 0 amide bonds. The lowest BCUT2D eigenvalue weighted by Crippen LogP contribution is -1.89. The second kappa shape index (κ2) is 6.82. The van der Waals surface area contributed by atoms with Crippen LogP contribution in [0.4, 0.5) is 5.69 Å². The van der Waals surface area contributed by atoms with E-state index in [-0.39, 0.29) is 0 Å². The Hall–Kier alpha value is -1.57. The normalized spacial score (nSPS) is 11.3. The van der Waals surface area contributed by atoms with Crippen LogP contribution in [0.25, 0.3) is 0 Å². The number of nitrogens with zero attached hydrogens (tertiary/aromatic N) is 1. The van der Waals surface area contributed by atoms with E-state index < -0.39 is 0 Å². The minimum atomic E-state index is 1.02. The number of nitrogens with one attached hydrogen (secondary N) is 1. The molecule has 1 aromatic rings. The molecule has 0 saturated heterocycles. The van der Waals surface area contributed by atoms with Gasteiger partial charge in [-0.15, -0.1) is 0 Å². The summed E-state index contributed by atoms with van der Waals surface area (Å²) in [5, 5.41) is 4.05. The SMILES string of the molecule is C/C=C\C=N/Nc1ccc(CCC)cc1. The van der Waals surface area contributed by atoms with Crippen LogP contribution in [-0.4, -0.2) is 6.21 Å². The van der Waals surface area contributed by atoms with E-state index in [0.717, 1.165) is 12.1 Å². The maximum absolute atomic E-state index is 4.05. The Morgan fingerprint density at radius 1 is 1.27 bits per heavy atom. The zero-order valence-electron chi connectivity index (χ0n) is 9.40. The molecule has 0 aliphatic heterocycles. The van der Waals surface area contributed by atoms with Crippen molar-refractivity contribution in [2.45, 2.75) is 26.7 Å². The maximum atomic E-state index is 4.05. The minimum absolute atomic E-state index is 1.02. The summed E-state index contributed by atoms with van der Waals surface area (Å²) in [4.78, 5) is 0. The van der Waals surface area contributed by atoms with Crippen molar-refractivity contribution in [3.8, 4) is 0 Å². The number of allylic oxidation sites excluding steroid dienone is 2. The average Bonchev–Trinajstić information content (AvgIpc) is 2.27. The molecular formula is C13H18N2. The van der Waals surface area contributed by atoms with E-state index in [9.17, 15) is 0 Å². The van der Waals surface area contributed by atoms with Gasteiger partial charge in [-0.2, -0.15) is 5.10 Å². The lowest BCUT2D eigenvalue weighted by molar-refractivity contribution is 0.922. The molecule has 80 valence electrons. The van der Waals surface area contributed by atoms with Gasteiger partial charge in [0, 0.05) is 6.21 Å². The summed E-state index contributed by atoms with van der Waals surface area (Å²) in [6, 6.07) is 8.38. The largest absolute Gasteiger partial charge is 0.279 e. The fourth-order valence-electron chi connectivity index (χ4n) is 1.28. The molecule has 15 heavy (non-hydrogen) atoms. The highest BCUT2D eigenvalue weighted by Crippen LogP contribution is 2.10. The number of benzene rings is 1. The fourth-order valence-corrected chi connectivity index (χ4v) is 1.28. The smallest absolute Gasteiger partial charge is 0.0561 e. The molecule has 0 aliphatic carbocycles. The molecule has 0 spiro atoms. The van der Waals surface area contributed by atoms with E-state index in [2.05, 4.69) is 41.7 Å². The Bertz CT molecular complexity index is 323. The molecule has 0 bridgehead atoms. The molecule has 1 aromatic carbocycles. The molecule has 2 nitrogen and oxygen atoms in total. The van der Waals surface area contributed by atoms with Crippen molar-refractivity contribution in [3.05, 3.63) is 42.0 Å². The number of aryl methyl sites for hydroxylation is 1. The molecule has 0 fully saturated rings. The first kappa shape index (κ1) is 11.5. The molecule has 0 atom stereocenters. The molecule has 2 heteroatoms. The predicted molar refractivity (Wildman–Crippen MR) is 67.4 cm³/mol. The van der Waals surface area contributed by atoms with E-state index >= 15 is 0 Å². The first-order valence-corrected chi connectivity index (χ1v) is 5.36. The Labute approximate surface area is 91.7 Å². The van der Waals surface area contributed by atoms with Crippen molar-refractivity contribution < 1.29 is 0 Å². The maximum Gasteiger partial charge on any atom is 0.0561 e. The summed E-state index contributed by atoms with van der Waals surface area (Å²) in [6.07, 6.45) is 7.89. The van der Waals surface area contributed by atoms with Gasteiger partial charge in [0.05, 0.1) is 5.69 Å². The van der Waals surface area contributed by atoms with Gasteiger partial charge >= 0.3 is 0 Å². The van der Waals surface area contributed by atoms with Gasteiger partial charge in [0.15, 0.2) is 0 Å². The lowest BCUT2D eigenvalue weighted by atomic mass is 10.1. The van der Waals surface area contributed by atoms with Crippen molar-refractivity contribution in [2.24, 2.45) is 5.10 Å². The van der Waals surface area contributed by atoms with Crippen molar-refractivity contribution in [2.75, 3.05) is 5.43 Å². The van der Waals surface area contributed by atoms with Crippen molar-refractivity contribution in [3.63, 3.8) is 0 Å². The summed E-state index contributed by atoms with van der Waals surface area (Å²) in [6.45, 7) is 4.15. The molecule has 0 aromatic heterocycles. The number of hydrogen-bond acceptors (Lipinski definition) is 2. The van der Waals surface area contributed by atoms with Crippen LogP contribution in [0.5, 0.6) is 0 Å². The molecule has 1 rings (SSSR count). The van der Waals surface area contributed by atoms with Gasteiger partial charge in [-0.05, 0) is 37.1 Å². The molecule has 0 radical (unpaired) electrons. The summed E-state index contributed by atoms with van der Waals surface area (Å²) in [5.74, 6) is 0. The Morgan fingerprint density at radius 2 is 2.00 bits per heavy atom. The number of hydrogen-bond donors (Lipinski definition) is 1. The van der Waals surface area contributed by atoms with E-state index in [1.807, 2.05) is 19.1 Å². The standard InChI is InChI=1S/C13H18N2/c1-3-5-11-14-15-13-9-7-12(6-4-2)8-10-13/h3,5,7-11,15H,4,6H2,1-2H3/b5-3-,14-11-. The zero-order valence-corrected chi connectivity index (χ0v) is 9.40. The summed E-state index contributed by atoms with van der Waals surface area (Å²) >= 11 is 0. The van der Waals surface area contributed by atoms with Crippen LogP contribution in [0, 0.1) is 0 Å². The van der Waals surface area contributed by atoms with Gasteiger partial charge in [0.2, 0.25) is 0 Å². The molecule has 0 heterocycles. The van der Waals surface area contributed by atoms with E-state index in [0.29, 0.717) is 0 Å². The number of anilines is 1. The van der Waals surface area contributed by atoms with Crippen molar-refractivity contribution >= 4 is 11.9 Å². The van der Waals surface area contributed by atoms with E-state index in [4.69, 9.17) is 0 Å². The molecule has 1 N–H and O–H groups in total. The topological polar surface area (TPSA) is 24.4 Å². The van der Waals surface area contributed by atoms with Gasteiger partial charge in [-0.3, -0.25) is 5.43 Å². The first-order chi connectivity index (χ1) is 7.36. The zero-order chi connectivity index (χ0) is 10.9. The Balaban J connectivity index is 2.49. The quantitative estimate of drug-likeness (QED) is 0.572. The molecule has 0 unspecified atom stereocenters. The summed E-state index contributed by atoms with van der Waals surface area (Å²) in [7, 11) is 0. The van der Waals surface area contributed by atoms with E-state index in [1.165, 1.54) is 12.0 Å². The average molecular weight is 202 g/mol. The summed E-state index contributed by atoms with van der Waals surface area (Å²) in [5.41, 5.74) is 5.37. The highest BCUT2D eigenvalue weighted by Gasteiger charge is 1.91. The van der Waals surface area contributed by atoms with Crippen molar-refractivity contribution in [1.29, 1.82) is 0 Å². The number of hydrazone groups is 1. The van der Waals surface area contributed by atoms with Crippen LogP contribution in [0.3, 0.4) is 0 Å². The molecule has 0 saturated carbocycles. The lowest BCUT2D eigenvalue weighted by Gasteiger charge is -2.01. The van der Waals surface area contributed by atoms with Gasteiger partial charge in [0.1, 0.15) is 0 Å². The van der Waals surface area contributed by atoms with Gasteiger partial charge < -0.3 is 0 Å². The van der Waals surface area contributed by atoms with Crippen molar-refractivity contribution in [1.82, 2.24) is 0 Å². The van der Waals surface area contributed by atoms with Gasteiger partial charge in [-0.25, -0.2) is 0 Å². The third-order valence-corrected chi connectivity index (χ3v) is 2.04. The van der Waals surface area contributed by atoms with E-state index in [1.54, 1.807) is 6.21 Å². The van der Waals surface area contributed by atoms with Crippen LogP contribution in [0.15, 0.2) is 41.5 Å². The van der Waals surface area contributed by atoms with Crippen LogP contribution in [-0.2, 0) is 6.42 Å². The molecular weight excluding hydrogens is 184 g/mol. The van der Waals surface area contributed by atoms with Gasteiger partial charge in [0.25, 0.3) is 0 Å².